The van der Waals surface area contributed by atoms with E-state index in [1.165, 1.54) is 12.0 Å². The number of methoxy groups -OCH3 is 1. The second-order valence-corrected chi connectivity index (χ2v) is 7.99. The molecular weight excluding hydrogens is 414 g/mol. The largest absolute Gasteiger partial charge is 0.467 e. The van der Waals surface area contributed by atoms with Gasteiger partial charge in [-0.2, -0.15) is 0 Å². The normalized spacial score (nSPS) is 19.7. The van der Waals surface area contributed by atoms with Gasteiger partial charge in [-0.3, -0.25) is 9.59 Å². The summed E-state index contributed by atoms with van der Waals surface area (Å²) >= 11 is 0. The van der Waals surface area contributed by atoms with Crippen LogP contribution in [0.15, 0.2) is 42.5 Å². The maximum atomic E-state index is 12.9. The molecule has 1 spiro atoms. The Kier molecular flexibility index (Phi) is 5.07. The van der Waals surface area contributed by atoms with Gasteiger partial charge in [0.25, 0.3) is 5.91 Å². The van der Waals surface area contributed by atoms with Gasteiger partial charge >= 0.3 is 5.97 Å². The number of hydrogen-bond acceptors (Lipinski definition) is 6. The first-order valence-corrected chi connectivity index (χ1v) is 10.4. The third kappa shape index (κ3) is 3.49. The third-order valence-electron chi connectivity index (χ3n) is 6.07. The van der Waals surface area contributed by atoms with Gasteiger partial charge in [0.15, 0.2) is 5.79 Å². The zero-order valence-electron chi connectivity index (χ0n) is 17.6. The van der Waals surface area contributed by atoms with Crippen molar-refractivity contribution in [1.82, 2.24) is 15.2 Å². The third-order valence-corrected chi connectivity index (χ3v) is 6.07. The number of carbonyl (C=O) groups is 3. The molecule has 2 aliphatic heterocycles. The molecular formula is C23H23N3O6. The van der Waals surface area contributed by atoms with Gasteiger partial charge in [-0.15, -0.1) is 0 Å². The molecule has 166 valence electrons. The van der Waals surface area contributed by atoms with Gasteiger partial charge in [-0.1, -0.05) is 18.2 Å². The minimum Gasteiger partial charge on any atom is -0.467 e. The lowest BCUT2D eigenvalue weighted by Gasteiger charge is -2.23. The Morgan fingerprint density at radius 2 is 1.88 bits per heavy atom. The van der Waals surface area contributed by atoms with Gasteiger partial charge in [0.05, 0.1) is 33.4 Å². The SMILES string of the molecule is COC(=O)[C@@H]1CC2(CN1C(=O)CNC(=O)c1ccc3[nH]c4ccccc4c3c1)OCCO2. The Labute approximate surface area is 183 Å². The summed E-state index contributed by atoms with van der Waals surface area (Å²) < 4.78 is 16.2. The van der Waals surface area contributed by atoms with Crippen LogP contribution in [-0.2, 0) is 23.8 Å². The molecule has 32 heavy (non-hydrogen) atoms. The van der Waals surface area contributed by atoms with Crippen molar-refractivity contribution in [2.24, 2.45) is 0 Å². The molecule has 2 N–H and O–H groups in total. The average molecular weight is 437 g/mol. The lowest BCUT2D eigenvalue weighted by Crippen LogP contribution is -2.46. The van der Waals surface area contributed by atoms with Crippen molar-refractivity contribution >= 4 is 39.6 Å². The fraction of sp³-hybridized carbons (Fsp3) is 0.348. The van der Waals surface area contributed by atoms with Gasteiger partial charge in [0.1, 0.15) is 6.04 Å². The standard InChI is InChI=1S/C23H23N3O6/c1-30-22(29)19-11-23(31-8-9-32-23)13-26(19)20(27)12-24-21(28)14-6-7-18-16(10-14)15-4-2-3-5-17(15)25-18/h2-7,10,19,25H,8-9,11-13H2,1H3,(H,24,28)/t19-/m0/s1. The van der Waals surface area contributed by atoms with Crippen LogP contribution in [0.2, 0.25) is 0 Å². The number of nitrogens with one attached hydrogen (secondary N) is 2. The Morgan fingerprint density at radius 3 is 2.66 bits per heavy atom. The van der Waals surface area contributed by atoms with Gasteiger partial charge < -0.3 is 29.4 Å². The number of hydrogen-bond donors (Lipinski definition) is 2. The number of carbonyl (C=O) groups excluding carboxylic acids is 3. The van der Waals surface area contributed by atoms with Crippen LogP contribution in [0, 0.1) is 0 Å². The van der Waals surface area contributed by atoms with E-state index in [-0.39, 0.29) is 25.4 Å². The highest BCUT2D eigenvalue weighted by Crippen LogP contribution is 2.35. The number of esters is 1. The van der Waals surface area contributed by atoms with Crippen molar-refractivity contribution in [3.05, 3.63) is 48.0 Å². The van der Waals surface area contributed by atoms with Crippen molar-refractivity contribution in [2.45, 2.75) is 18.2 Å². The van der Waals surface area contributed by atoms with Crippen molar-refractivity contribution < 1.29 is 28.6 Å². The van der Waals surface area contributed by atoms with Crippen molar-refractivity contribution in [1.29, 1.82) is 0 Å². The smallest absolute Gasteiger partial charge is 0.328 e. The van der Waals surface area contributed by atoms with E-state index in [1.54, 1.807) is 12.1 Å². The monoisotopic (exact) mass is 437 g/mol. The van der Waals surface area contributed by atoms with Crippen molar-refractivity contribution in [2.75, 3.05) is 33.4 Å². The first-order valence-electron chi connectivity index (χ1n) is 10.4. The first-order chi connectivity index (χ1) is 15.5. The number of para-hydroxylation sites is 1. The maximum absolute atomic E-state index is 12.9. The molecule has 1 atom stereocenters. The minimum atomic E-state index is -0.987. The molecule has 0 aliphatic carbocycles. The summed E-state index contributed by atoms with van der Waals surface area (Å²) in [5.41, 5.74) is 2.36. The number of likely N-dealkylation sites (tertiary alicyclic amines) is 1. The molecule has 0 radical (unpaired) electrons. The average Bonchev–Trinajstić information content (AvgIpc) is 3.53. The molecule has 0 saturated carbocycles. The van der Waals surface area contributed by atoms with E-state index in [4.69, 9.17) is 14.2 Å². The second kappa shape index (κ2) is 7.92. The number of rotatable bonds is 4. The Morgan fingerprint density at radius 1 is 1.12 bits per heavy atom. The molecule has 3 heterocycles. The lowest BCUT2D eigenvalue weighted by molar-refractivity contribution is -0.152. The molecule has 5 rings (SSSR count). The molecule has 2 aromatic carbocycles. The van der Waals surface area contributed by atoms with Crippen LogP contribution in [-0.4, -0.2) is 72.9 Å². The van der Waals surface area contributed by atoms with Crippen LogP contribution in [0.3, 0.4) is 0 Å². The highest BCUT2D eigenvalue weighted by atomic mass is 16.7. The molecule has 3 aromatic rings. The second-order valence-electron chi connectivity index (χ2n) is 7.99. The van der Waals surface area contributed by atoms with E-state index < -0.39 is 23.7 Å². The van der Waals surface area contributed by atoms with E-state index >= 15 is 0 Å². The Balaban J connectivity index is 1.30. The molecule has 2 aliphatic rings. The molecule has 9 nitrogen and oxygen atoms in total. The number of ether oxygens (including phenoxy) is 3. The van der Waals surface area contributed by atoms with Gasteiger partial charge in [-0.05, 0) is 24.3 Å². The molecule has 2 saturated heterocycles. The summed E-state index contributed by atoms with van der Waals surface area (Å²) in [6.45, 7) is 0.670. The number of fused-ring (bicyclic) bond motifs is 3. The van der Waals surface area contributed by atoms with E-state index in [0.29, 0.717) is 18.8 Å². The quantitative estimate of drug-likeness (QED) is 0.600. The number of nitrogens with zero attached hydrogens (tertiary/aromatic N) is 1. The van der Waals surface area contributed by atoms with Crippen LogP contribution in [0.5, 0.6) is 0 Å². The summed E-state index contributed by atoms with van der Waals surface area (Å²) in [5.74, 6) is -2.30. The van der Waals surface area contributed by atoms with E-state index in [1.807, 2.05) is 30.3 Å². The molecule has 0 bridgehead atoms. The van der Waals surface area contributed by atoms with Gasteiger partial charge in [0.2, 0.25) is 5.91 Å². The highest BCUT2D eigenvalue weighted by Gasteiger charge is 2.52. The van der Waals surface area contributed by atoms with Crippen molar-refractivity contribution in [3.8, 4) is 0 Å². The van der Waals surface area contributed by atoms with E-state index in [2.05, 4.69) is 10.3 Å². The summed E-state index contributed by atoms with van der Waals surface area (Å²) in [6.07, 6.45) is 0.205. The van der Waals surface area contributed by atoms with Crippen LogP contribution in [0.4, 0.5) is 0 Å². The summed E-state index contributed by atoms with van der Waals surface area (Å²) in [7, 11) is 1.27. The minimum absolute atomic E-state index is 0.114. The van der Waals surface area contributed by atoms with E-state index in [9.17, 15) is 14.4 Å². The summed E-state index contributed by atoms with van der Waals surface area (Å²) in [4.78, 5) is 42.5. The zero-order valence-corrected chi connectivity index (χ0v) is 17.6. The van der Waals surface area contributed by atoms with Gasteiger partial charge in [-0.25, -0.2) is 4.79 Å². The van der Waals surface area contributed by atoms with Crippen LogP contribution in [0.25, 0.3) is 21.8 Å². The predicted octanol–water partition coefficient (Wildman–Crippen LogP) is 1.57. The molecule has 1 aromatic heterocycles. The first kappa shape index (κ1) is 20.5. The fourth-order valence-electron chi connectivity index (χ4n) is 4.50. The number of benzene rings is 2. The van der Waals surface area contributed by atoms with Crippen LogP contribution < -0.4 is 5.32 Å². The van der Waals surface area contributed by atoms with Crippen LogP contribution in [0.1, 0.15) is 16.8 Å². The molecule has 9 heteroatoms. The van der Waals surface area contributed by atoms with Crippen molar-refractivity contribution in [3.63, 3.8) is 0 Å². The zero-order chi connectivity index (χ0) is 22.3. The maximum Gasteiger partial charge on any atom is 0.328 e. The molecule has 2 fully saturated rings. The lowest BCUT2D eigenvalue weighted by atomic mass is 10.1. The number of H-pyrrole nitrogens is 1. The Hall–Kier alpha value is -3.43. The topological polar surface area (TPSA) is 110 Å². The number of aromatic amines is 1. The highest BCUT2D eigenvalue weighted by molar-refractivity contribution is 6.10. The molecule has 2 amide bonds. The van der Waals surface area contributed by atoms with E-state index in [0.717, 1.165) is 21.8 Å². The summed E-state index contributed by atoms with van der Waals surface area (Å²) in [5, 5.41) is 4.62. The fourth-order valence-corrected chi connectivity index (χ4v) is 4.50. The Bertz CT molecular complexity index is 1210. The van der Waals surface area contributed by atoms with Gasteiger partial charge in [0, 0.05) is 33.8 Å². The summed E-state index contributed by atoms with van der Waals surface area (Å²) in [6, 6.07) is 12.4. The number of aromatic nitrogens is 1. The number of amides is 2. The van der Waals surface area contributed by atoms with Crippen LogP contribution >= 0.6 is 0 Å². The predicted molar refractivity (Wildman–Crippen MR) is 115 cm³/mol. The molecule has 0 unspecified atom stereocenters.